The highest BCUT2D eigenvalue weighted by Gasteiger charge is 2.29. The molecular formula is C21H24N2O3. The minimum absolute atomic E-state index is 0.0177. The first kappa shape index (κ1) is 18.0. The second-order valence-electron chi connectivity index (χ2n) is 6.75. The van der Waals surface area contributed by atoms with Crippen molar-refractivity contribution in [3.05, 3.63) is 59.7 Å². The van der Waals surface area contributed by atoms with Crippen molar-refractivity contribution in [2.24, 2.45) is 5.92 Å². The molecule has 0 saturated heterocycles. The highest BCUT2D eigenvalue weighted by atomic mass is 16.5. The van der Waals surface area contributed by atoms with Crippen LogP contribution in [0.15, 0.2) is 48.5 Å². The van der Waals surface area contributed by atoms with E-state index >= 15 is 0 Å². The number of hydrogen-bond donors (Lipinski definition) is 1. The molecule has 0 heterocycles. The maximum Gasteiger partial charge on any atom is 0.260 e. The maximum atomic E-state index is 12.3. The first-order valence-electron chi connectivity index (χ1n) is 8.85. The molecule has 3 rings (SSSR count). The molecule has 5 nitrogen and oxygen atoms in total. The molecule has 136 valence electrons. The third-order valence-corrected chi connectivity index (χ3v) is 4.53. The monoisotopic (exact) mass is 352 g/mol. The fourth-order valence-corrected chi connectivity index (χ4v) is 2.61. The Hall–Kier alpha value is -2.82. The van der Waals surface area contributed by atoms with E-state index < -0.39 is 0 Å². The molecule has 1 aliphatic carbocycles. The first-order valence-corrected chi connectivity index (χ1v) is 8.85. The molecule has 0 aromatic heterocycles. The van der Waals surface area contributed by atoms with Gasteiger partial charge in [0.15, 0.2) is 6.61 Å². The van der Waals surface area contributed by atoms with Gasteiger partial charge in [-0.05, 0) is 55.2 Å². The molecular weight excluding hydrogens is 328 g/mol. The zero-order chi connectivity index (χ0) is 18.5. The molecule has 0 bridgehead atoms. The van der Waals surface area contributed by atoms with Crippen LogP contribution in [0.25, 0.3) is 0 Å². The van der Waals surface area contributed by atoms with Crippen molar-refractivity contribution in [2.75, 3.05) is 19.0 Å². The van der Waals surface area contributed by atoms with Crippen LogP contribution in [0.4, 0.5) is 5.69 Å². The van der Waals surface area contributed by atoms with E-state index in [9.17, 15) is 9.59 Å². The summed E-state index contributed by atoms with van der Waals surface area (Å²) < 4.78 is 5.57. The van der Waals surface area contributed by atoms with E-state index in [2.05, 4.69) is 5.32 Å². The number of amides is 2. The zero-order valence-corrected chi connectivity index (χ0v) is 15.2. The highest BCUT2D eigenvalue weighted by molar-refractivity contribution is 5.94. The van der Waals surface area contributed by atoms with Crippen LogP contribution >= 0.6 is 0 Å². The van der Waals surface area contributed by atoms with Gasteiger partial charge in [-0.15, -0.1) is 0 Å². The largest absolute Gasteiger partial charge is 0.484 e. The number of nitrogens with one attached hydrogen (secondary N) is 1. The number of carbonyl (C=O) groups is 2. The standard InChI is InChI=1S/C21H24N2O3/c1-15-5-3-4-6-17(15)13-23(2)20(24)14-26-19-11-9-18(10-12-19)22-21(25)16-7-8-16/h3-6,9-12,16H,7-8,13-14H2,1-2H3,(H,22,25). The lowest BCUT2D eigenvalue weighted by atomic mass is 10.1. The number of ether oxygens (including phenoxy) is 1. The number of nitrogens with zero attached hydrogens (tertiary/aromatic N) is 1. The van der Waals surface area contributed by atoms with E-state index in [-0.39, 0.29) is 24.3 Å². The minimum Gasteiger partial charge on any atom is -0.484 e. The van der Waals surface area contributed by atoms with Gasteiger partial charge in [0.25, 0.3) is 5.91 Å². The molecule has 1 fully saturated rings. The van der Waals surface area contributed by atoms with Crippen molar-refractivity contribution >= 4 is 17.5 Å². The number of hydrogen-bond acceptors (Lipinski definition) is 3. The van der Waals surface area contributed by atoms with Gasteiger partial charge >= 0.3 is 0 Å². The van der Waals surface area contributed by atoms with Crippen LogP contribution in [-0.4, -0.2) is 30.4 Å². The van der Waals surface area contributed by atoms with Crippen LogP contribution in [0.1, 0.15) is 24.0 Å². The molecule has 2 aromatic carbocycles. The summed E-state index contributed by atoms with van der Waals surface area (Å²) in [5, 5.41) is 2.88. The number of benzene rings is 2. The fraction of sp³-hybridized carbons (Fsp3) is 0.333. The number of carbonyl (C=O) groups excluding carboxylic acids is 2. The summed E-state index contributed by atoms with van der Waals surface area (Å²) in [4.78, 5) is 25.7. The van der Waals surface area contributed by atoms with Crippen molar-refractivity contribution < 1.29 is 14.3 Å². The Morgan fingerprint density at radius 1 is 1.12 bits per heavy atom. The average molecular weight is 352 g/mol. The Morgan fingerprint density at radius 3 is 2.46 bits per heavy atom. The summed E-state index contributed by atoms with van der Waals surface area (Å²) in [5.74, 6) is 0.769. The molecule has 0 radical (unpaired) electrons. The summed E-state index contributed by atoms with van der Waals surface area (Å²) >= 11 is 0. The average Bonchev–Trinajstić information content (AvgIpc) is 3.48. The van der Waals surface area contributed by atoms with Gasteiger partial charge in [0.05, 0.1) is 0 Å². The minimum atomic E-state index is -0.0839. The summed E-state index contributed by atoms with van der Waals surface area (Å²) in [6, 6.07) is 15.1. The summed E-state index contributed by atoms with van der Waals surface area (Å²) in [5.41, 5.74) is 3.04. The van der Waals surface area contributed by atoms with Crippen LogP contribution in [-0.2, 0) is 16.1 Å². The summed E-state index contributed by atoms with van der Waals surface area (Å²) in [6.45, 7) is 2.57. The Morgan fingerprint density at radius 2 is 1.81 bits per heavy atom. The molecule has 0 aliphatic heterocycles. The van der Waals surface area contributed by atoms with E-state index in [0.717, 1.165) is 29.7 Å². The van der Waals surface area contributed by atoms with Crippen LogP contribution in [0.3, 0.4) is 0 Å². The number of likely N-dealkylation sites (N-methyl/N-ethyl adjacent to an activating group) is 1. The van der Waals surface area contributed by atoms with Gasteiger partial charge in [-0.25, -0.2) is 0 Å². The Bertz CT molecular complexity index is 782. The summed E-state index contributed by atoms with van der Waals surface area (Å²) in [7, 11) is 1.77. The molecule has 26 heavy (non-hydrogen) atoms. The van der Waals surface area contributed by atoms with E-state index in [0.29, 0.717) is 12.3 Å². The SMILES string of the molecule is Cc1ccccc1CN(C)C(=O)COc1ccc(NC(=O)C2CC2)cc1. The molecule has 1 aliphatic rings. The van der Waals surface area contributed by atoms with Crippen LogP contribution < -0.4 is 10.1 Å². The first-order chi connectivity index (χ1) is 12.5. The van der Waals surface area contributed by atoms with Crippen LogP contribution in [0.5, 0.6) is 5.75 Å². The third kappa shape index (κ3) is 4.85. The lowest BCUT2D eigenvalue weighted by Gasteiger charge is -2.18. The van der Waals surface area contributed by atoms with Crippen LogP contribution in [0, 0.1) is 12.8 Å². The second-order valence-corrected chi connectivity index (χ2v) is 6.75. The second kappa shape index (κ2) is 8.04. The quantitative estimate of drug-likeness (QED) is 0.831. The molecule has 5 heteroatoms. The zero-order valence-electron chi connectivity index (χ0n) is 15.2. The lowest BCUT2D eigenvalue weighted by molar-refractivity contribution is -0.132. The molecule has 1 saturated carbocycles. The predicted molar refractivity (Wildman–Crippen MR) is 101 cm³/mol. The van der Waals surface area contributed by atoms with Gasteiger partial charge in [-0.2, -0.15) is 0 Å². The molecule has 2 amide bonds. The molecule has 2 aromatic rings. The van der Waals surface area contributed by atoms with E-state index in [1.165, 1.54) is 0 Å². The van der Waals surface area contributed by atoms with Crippen LogP contribution in [0.2, 0.25) is 0 Å². The van der Waals surface area contributed by atoms with Crippen molar-refractivity contribution in [3.8, 4) is 5.75 Å². The van der Waals surface area contributed by atoms with Gasteiger partial charge in [-0.3, -0.25) is 9.59 Å². The fourth-order valence-electron chi connectivity index (χ4n) is 2.61. The Labute approximate surface area is 154 Å². The summed E-state index contributed by atoms with van der Waals surface area (Å²) in [6.07, 6.45) is 1.95. The molecule has 0 unspecified atom stereocenters. The third-order valence-electron chi connectivity index (χ3n) is 4.53. The molecule has 0 spiro atoms. The molecule has 0 atom stereocenters. The highest BCUT2D eigenvalue weighted by Crippen LogP contribution is 2.30. The van der Waals surface area contributed by atoms with E-state index in [4.69, 9.17) is 4.74 Å². The molecule has 1 N–H and O–H groups in total. The topological polar surface area (TPSA) is 58.6 Å². The van der Waals surface area contributed by atoms with E-state index in [1.54, 1.807) is 36.2 Å². The van der Waals surface area contributed by atoms with E-state index in [1.807, 2.05) is 31.2 Å². The van der Waals surface area contributed by atoms with Gasteiger partial charge in [-0.1, -0.05) is 24.3 Å². The normalized spacial score (nSPS) is 13.2. The Kier molecular flexibility index (Phi) is 5.56. The smallest absolute Gasteiger partial charge is 0.260 e. The van der Waals surface area contributed by atoms with Gasteiger partial charge < -0.3 is 15.0 Å². The Balaban J connectivity index is 1.47. The van der Waals surface area contributed by atoms with Gasteiger partial charge in [0.1, 0.15) is 5.75 Å². The van der Waals surface area contributed by atoms with Gasteiger partial charge in [0, 0.05) is 25.2 Å². The number of aryl methyl sites for hydroxylation is 1. The number of rotatable bonds is 7. The predicted octanol–water partition coefficient (Wildman–Crippen LogP) is 3.38. The maximum absolute atomic E-state index is 12.3. The van der Waals surface area contributed by atoms with Crippen molar-refractivity contribution in [1.29, 1.82) is 0 Å². The van der Waals surface area contributed by atoms with Crippen molar-refractivity contribution in [1.82, 2.24) is 4.90 Å². The van der Waals surface area contributed by atoms with Crippen molar-refractivity contribution in [2.45, 2.75) is 26.3 Å². The lowest BCUT2D eigenvalue weighted by Crippen LogP contribution is -2.31. The van der Waals surface area contributed by atoms with Gasteiger partial charge in [0.2, 0.25) is 5.91 Å². The number of anilines is 1. The van der Waals surface area contributed by atoms with Crippen molar-refractivity contribution in [3.63, 3.8) is 0 Å².